The quantitative estimate of drug-likeness (QED) is 0.373. The second-order valence-corrected chi connectivity index (χ2v) is 8.98. The zero-order valence-electron chi connectivity index (χ0n) is 18.9. The highest BCUT2D eigenvalue weighted by Crippen LogP contribution is 2.42. The predicted octanol–water partition coefficient (Wildman–Crippen LogP) is 5.02. The monoisotopic (exact) mass is 474 g/mol. The summed E-state index contributed by atoms with van der Waals surface area (Å²) in [5, 5.41) is 20.2. The molecule has 0 amide bonds. The highest BCUT2D eigenvalue weighted by Gasteiger charge is 2.36. The van der Waals surface area contributed by atoms with E-state index in [1.165, 1.54) is 6.07 Å². The molecule has 0 unspecified atom stereocenters. The van der Waals surface area contributed by atoms with Crippen LogP contribution in [-0.4, -0.2) is 33.7 Å². The van der Waals surface area contributed by atoms with E-state index in [0.717, 1.165) is 11.1 Å². The van der Waals surface area contributed by atoms with Gasteiger partial charge in [-0.3, -0.25) is 9.59 Å². The van der Waals surface area contributed by atoms with Crippen molar-refractivity contribution in [2.75, 3.05) is 0 Å². The first-order valence-electron chi connectivity index (χ1n) is 11.4. The molecule has 36 heavy (non-hydrogen) atoms. The molecule has 2 aliphatic rings. The smallest absolute Gasteiger partial charge is 0.337 e. The van der Waals surface area contributed by atoms with Gasteiger partial charge in [-0.15, -0.1) is 0 Å². The van der Waals surface area contributed by atoms with Crippen molar-refractivity contribution in [1.29, 1.82) is 0 Å². The molecule has 0 aromatic heterocycles. The molecule has 0 saturated carbocycles. The topological polar surface area (TPSA) is 109 Å². The lowest BCUT2D eigenvalue weighted by Gasteiger charge is -2.27. The molecule has 4 aromatic rings. The normalized spacial score (nSPS) is 13.3. The van der Waals surface area contributed by atoms with Crippen molar-refractivity contribution in [1.82, 2.24) is 0 Å². The van der Waals surface area contributed by atoms with Gasteiger partial charge >= 0.3 is 11.9 Å². The summed E-state index contributed by atoms with van der Waals surface area (Å²) in [5.74, 6) is -3.55. The van der Waals surface area contributed by atoms with Crippen molar-refractivity contribution in [3.8, 4) is 11.1 Å². The van der Waals surface area contributed by atoms with Crippen LogP contribution in [-0.2, 0) is 12.8 Å². The van der Waals surface area contributed by atoms with E-state index >= 15 is 0 Å². The van der Waals surface area contributed by atoms with Gasteiger partial charge in [0.1, 0.15) is 0 Å². The van der Waals surface area contributed by atoms with E-state index in [1.54, 1.807) is 54.6 Å². The minimum Gasteiger partial charge on any atom is -0.478 e. The van der Waals surface area contributed by atoms with Crippen LogP contribution in [0.5, 0.6) is 0 Å². The average Bonchev–Trinajstić information content (AvgIpc) is 2.87. The maximum absolute atomic E-state index is 13.8. The first-order valence-corrected chi connectivity index (χ1v) is 11.4. The minimum atomic E-state index is -1.47. The Labute approximate surface area is 205 Å². The highest BCUT2D eigenvalue weighted by molar-refractivity contribution is 6.23. The van der Waals surface area contributed by atoms with Gasteiger partial charge in [0.15, 0.2) is 11.6 Å². The molecule has 0 radical (unpaired) electrons. The van der Waals surface area contributed by atoms with Gasteiger partial charge in [-0.05, 0) is 46.7 Å². The Balaban J connectivity index is 1.72. The second-order valence-electron chi connectivity index (χ2n) is 8.98. The molecule has 6 heteroatoms. The van der Waals surface area contributed by atoms with Gasteiger partial charge in [0.2, 0.25) is 0 Å². The fourth-order valence-corrected chi connectivity index (χ4v) is 5.49. The van der Waals surface area contributed by atoms with Gasteiger partial charge < -0.3 is 10.2 Å². The molecule has 174 valence electrons. The maximum atomic E-state index is 13.8. The van der Waals surface area contributed by atoms with Crippen LogP contribution in [0.1, 0.15) is 74.8 Å². The van der Waals surface area contributed by atoms with Crippen molar-refractivity contribution >= 4 is 23.5 Å². The third kappa shape index (κ3) is 3.04. The zero-order chi connectivity index (χ0) is 25.1. The number of benzene rings is 4. The molecule has 0 heterocycles. The standard InChI is InChI=1S/C30H18O6/c31-27-19-9-3-1-6-15(19)12-17-8-5-11-21(23(17)27)25-24-18(14-22(29(33)34)26(25)30(35)36)13-16-7-2-4-10-20(16)28(24)32/h1-11,14H,12-13H2,(H,33,34)(H,35,36). The number of ketones is 2. The molecule has 2 N–H and O–H groups in total. The fraction of sp³-hybridized carbons (Fsp3) is 0.0667. The third-order valence-electron chi connectivity index (χ3n) is 7.01. The van der Waals surface area contributed by atoms with Gasteiger partial charge in [0, 0.05) is 27.8 Å². The van der Waals surface area contributed by atoms with Gasteiger partial charge in [-0.1, -0.05) is 66.7 Å². The van der Waals surface area contributed by atoms with Gasteiger partial charge in [-0.25, -0.2) is 9.59 Å². The van der Waals surface area contributed by atoms with Crippen LogP contribution >= 0.6 is 0 Å². The van der Waals surface area contributed by atoms with Crippen LogP contribution in [0.4, 0.5) is 0 Å². The molecular formula is C30H18O6. The van der Waals surface area contributed by atoms with Gasteiger partial charge in [-0.2, -0.15) is 0 Å². The van der Waals surface area contributed by atoms with Crippen LogP contribution in [0, 0.1) is 0 Å². The zero-order valence-corrected chi connectivity index (χ0v) is 18.9. The fourth-order valence-electron chi connectivity index (χ4n) is 5.49. The molecule has 4 aromatic carbocycles. The van der Waals surface area contributed by atoms with E-state index in [4.69, 9.17) is 0 Å². The molecule has 0 aliphatic heterocycles. The van der Waals surface area contributed by atoms with Crippen LogP contribution in [0.25, 0.3) is 11.1 Å². The van der Waals surface area contributed by atoms with Crippen molar-refractivity contribution in [2.45, 2.75) is 12.8 Å². The van der Waals surface area contributed by atoms with Crippen molar-refractivity contribution in [3.63, 3.8) is 0 Å². The number of rotatable bonds is 3. The molecule has 0 fully saturated rings. The SMILES string of the molecule is O=C(O)c1cc2c(c(-c3cccc4c3C(=O)c3ccccc3C4)c1C(=O)O)C(=O)c1ccccc1C2. The number of carboxylic acids is 2. The summed E-state index contributed by atoms with van der Waals surface area (Å²) in [4.78, 5) is 52.3. The van der Waals surface area contributed by atoms with Crippen molar-refractivity contribution < 1.29 is 29.4 Å². The van der Waals surface area contributed by atoms with Crippen molar-refractivity contribution in [2.24, 2.45) is 0 Å². The van der Waals surface area contributed by atoms with E-state index in [-0.39, 0.29) is 34.7 Å². The molecule has 0 atom stereocenters. The van der Waals surface area contributed by atoms with Gasteiger partial charge in [0.05, 0.1) is 11.1 Å². The molecule has 0 bridgehead atoms. The third-order valence-corrected chi connectivity index (χ3v) is 7.01. The number of carbonyl (C=O) groups is 4. The summed E-state index contributed by atoms with van der Waals surface area (Å²) in [6.45, 7) is 0. The Morgan fingerprint density at radius 1 is 0.556 bits per heavy atom. The number of hydrogen-bond acceptors (Lipinski definition) is 4. The van der Waals surface area contributed by atoms with E-state index < -0.39 is 23.1 Å². The Kier molecular flexibility index (Phi) is 4.73. The molecule has 2 aliphatic carbocycles. The largest absolute Gasteiger partial charge is 0.478 e. The Hall–Kier alpha value is -4.84. The maximum Gasteiger partial charge on any atom is 0.337 e. The summed E-state index contributed by atoms with van der Waals surface area (Å²) in [6.07, 6.45) is 0.737. The minimum absolute atomic E-state index is 0.0125. The van der Waals surface area contributed by atoms with Crippen LogP contribution in [0.15, 0.2) is 72.8 Å². The molecule has 6 nitrogen and oxygen atoms in total. The van der Waals surface area contributed by atoms with Crippen LogP contribution in [0.3, 0.4) is 0 Å². The molecular weight excluding hydrogens is 456 g/mol. The number of fused-ring (bicyclic) bond motifs is 4. The number of hydrogen-bond donors (Lipinski definition) is 2. The summed E-state index contributed by atoms with van der Waals surface area (Å²) >= 11 is 0. The van der Waals surface area contributed by atoms with Gasteiger partial charge in [0.25, 0.3) is 0 Å². The Bertz CT molecular complexity index is 1680. The van der Waals surface area contributed by atoms with E-state index in [2.05, 4.69) is 0 Å². The summed E-state index contributed by atoms with van der Waals surface area (Å²) in [7, 11) is 0. The first kappa shape index (κ1) is 21.7. The molecule has 0 spiro atoms. The van der Waals surface area contributed by atoms with E-state index in [9.17, 15) is 29.4 Å². The lowest BCUT2D eigenvalue weighted by molar-refractivity contribution is 0.0652. The van der Waals surface area contributed by atoms with Crippen molar-refractivity contribution in [3.05, 3.63) is 128 Å². The summed E-state index contributed by atoms with van der Waals surface area (Å²) in [5.41, 5.74) is 3.45. The summed E-state index contributed by atoms with van der Waals surface area (Å²) in [6, 6.07) is 20.6. The molecule has 6 rings (SSSR count). The lowest BCUT2D eigenvalue weighted by atomic mass is 9.75. The average molecular weight is 474 g/mol. The number of aromatic carboxylic acids is 2. The highest BCUT2D eigenvalue weighted by atomic mass is 16.4. The Morgan fingerprint density at radius 2 is 1.08 bits per heavy atom. The first-order chi connectivity index (χ1) is 17.4. The van der Waals surface area contributed by atoms with Crippen LogP contribution in [0.2, 0.25) is 0 Å². The second kappa shape index (κ2) is 7.85. The number of carbonyl (C=O) groups excluding carboxylic acids is 2. The summed E-state index contributed by atoms with van der Waals surface area (Å²) < 4.78 is 0. The lowest BCUT2D eigenvalue weighted by Crippen LogP contribution is -2.23. The van der Waals surface area contributed by atoms with E-state index in [0.29, 0.717) is 34.2 Å². The van der Waals surface area contributed by atoms with E-state index in [1.807, 2.05) is 12.1 Å². The van der Waals surface area contributed by atoms with Crippen LogP contribution < -0.4 is 0 Å². The number of carboxylic acid groups (broad SMARTS) is 2. The Morgan fingerprint density at radius 3 is 1.69 bits per heavy atom. The molecule has 0 saturated heterocycles. The predicted molar refractivity (Wildman–Crippen MR) is 131 cm³/mol.